The van der Waals surface area contributed by atoms with Gasteiger partial charge in [-0.05, 0) is 50.7 Å². The number of hydrogen-bond donors (Lipinski definition) is 3. The van der Waals surface area contributed by atoms with Crippen LogP contribution < -0.4 is 19.9 Å². The van der Waals surface area contributed by atoms with Crippen molar-refractivity contribution in [2.45, 2.75) is 56.5 Å². The molecule has 7 rings (SSSR count). The van der Waals surface area contributed by atoms with Crippen molar-refractivity contribution in [2.75, 3.05) is 49.6 Å². The standard InChI is InChI=1S/C29H36N6O3/c1-33-9-4-6-20(33)17-38-29-31-24-15-34(26-13-21(36)11-18-5-2-3-7-22(18)26)10-8-23(24)28(32-29)35-14-19-12-27(37)25(16-35)30-19/h2-3,5,7,11,13,19-20,25,27,30,36-37H,4,6,8-10,12,14-17H2,1H3. The monoisotopic (exact) mass is 516 g/mol. The Morgan fingerprint density at radius 2 is 2.00 bits per heavy atom. The summed E-state index contributed by atoms with van der Waals surface area (Å²) in [6.45, 7) is 4.67. The highest BCUT2D eigenvalue weighted by Gasteiger charge is 2.40. The van der Waals surface area contributed by atoms with Gasteiger partial charge < -0.3 is 35.0 Å². The minimum atomic E-state index is -0.314. The zero-order valence-electron chi connectivity index (χ0n) is 21.9. The number of aliphatic hydroxyl groups is 1. The molecule has 9 heteroatoms. The van der Waals surface area contributed by atoms with Gasteiger partial charge in [0, 0.05) is 54.4 Å². The van der Waals surface area contributed by atoms with Gasteiger partial charge in [-0.1, -0.05) is 24.3 Å². The van der Waals surface area contributed by atoms with Gasteiger partial charge in [-0.25, -0.2) is 0 Å². The second kappa shape index (κ2) is 9.55. The summed E-state index contributed by atoms with van der Waals surface area (Å²) < 4.78 is 6.26. The minimum Gasteiger partial charge on any atom is -0.508 e. The number of likely N-dealkylation sites (N-methyl/N-ethyl adjacent to an activating group) is 1. The van der Waals surface area contributed by atoms with Crippen LogP contribution in [0.4, 0.5) is 11.5 Å². The van der Waals surface area contributed by atoms with Crippen molar-refractivity contribution in [3.63, 3.8) is 0 Å². The summed E-state index contributed by atoms with van der Waals surface area (Å²) in [5.74, 6) is 1.23. The zero-order chi connectivity index (χ0) is 25.8. The molecule has 4 aliphatic rings. The second-order valence-corrected chi connectivity index (χ2v) is 11.4. The number of piperazine rings is 1. The van der Waals surface area contributed by atoms with Crippen LogP contribution in [0.25, 0.3) is 10.8 Å². The highest BCUT2D eigenvalue weighted by Crippen LogP contribution is 2.37. The van der Waals surface area contributed by atoms with E-state index < -0.39 is 0 Å². The van der Waals surface area contributed by atoms with Crippen LogP contribution in [0.2, 0.25) is 0 Å². The lowest BCUT2D eigenvalue weighted by atomic mass is 10.0. The molecule has 38 heavy (non-hydrogen) atoms. The van der Waals surface area contributed by atoms with Gasteiger partial charge in [-0.2, -0.15) is 9.97 Å². The maximum Gasteiger partial charge on any atom is 0.318 e. The maximum absolute atomic E-state index is 10.5. The van der Waals surface area contributed by atoms with E-state index in [1.807, 2.05) is 30.3 Å². The Morgan fingerprint density at radius 1 is 1.11 bits per heavy atom. The molecule has 0 amide bonds. The van der Waals surface area contributed by atoms with Crippen LogP contribution in [0.1, 0.15) is 30.5 Å². The fraction of sp³-hybridized carbons (Fsp3) is 0.517. The SMILES string of the molecule is CN1CCCC1COc1nc2c(c(N3CC4CC(O)C(C3)N4)n1)CCN(c1cc(O)cc3ccccc13)C2. The lowest BCUT2D eigenvalue weighted by molar-refractivity contribution is 0.162. The van der Waals surface area contributed by atoms with Gasteiger partial charge >= 0.3 is 6.01 Å². The van der Waals surface area contributed by atoms with E-state index in [4.69, 9.17) is 14.7 Å². The zero-order valence-corrected chi connectivity index (χ0v) is 21.9. The molecule has 2 aromatic carbocycles. The molecule has 4 atom stereocenters. The molecule has 3 saturated heterocycles. The van der Waals surface area contributed by atoms with Gasteiger partial charge in [0.05, 0.1) is 24.4 Å². The largest absolute Gasteiger partial charge is 0.508 e. The van der Waals surface area contributed by atoms with Crippen LogP contribution in [0.5, 0.6) is 11.8 Å². The summed E-state index contributed by atoms with van der Waals surface area (Å²) >= 11 is 0. The van der Waals surface area contributed by atoms with Crippen molar-refractivity contribution >= 4 is 22.3 Å². The molecule has 3 fully saturated rings. The molecule has 4 unspecified atom stereocenters. The molecule has 9 nitrogen and oxygen atoms in total. The quantitative estimate of drug-likeness (QED) is 0.472. The molecule has 0 saturated carbocycles. The van der Waals surface area contributed by atoms with E-state index in [2.05, 4.69) is 33.1 Å². The van der Waals surface area contributed by atoms with Crippen LogP contribution >= 0.6 is 0 Å². The molecule has 2 bridgehead atoms. The summed E-state index contributed by atoms with van der Waals surface area (Å²) in [6.07, 6.45) is 3.60. The number of rotatable bonds is 5. The fourth-order valence-electron chi connectivity index (χ4n) is 6.81. The molecular weight excluding hydrogens is 480 g/mol. The Balaban J connectivity index is 1.23. The number of phenols is 1. The van der Waals surface area contributed by atoms with Gasteiger partial charge in [-0.15, -0.1) is 0 Å². The first-order valence-electron chi connectivity index (χ1n) is 13.9. The second-order valence-electron chi connectivity index (χ2n) is 11.4. The average molecular weight is 517 g/mol. The number of aliphatic hydroxyl groups excluding tert-OH is 1. The number of nitrogens with one attached hydrogen (secondary N) is 1. The number of fused-ring (bicyclic) bond motifs is 4. The normalized spacial score (nSPS) is 27.2. The Morgan fingerprint density at radius 3 is 2.84 bits per heavy atom. The molecule has 3 aromatic rings. The predicted octanol–water partition coefficient (Wildman–Crippen LogP) is 2.28. The first-order valence-corrected chi connectivity index (χ1v) is 13.9. The predicted molar refractivity (Wildman–Crippen MR) is 147 cm³/mol. The van der Waals surface area contributed by atoms with E-state index in [1.54, 1.807) is 0 Å². The van der Waals surface area contributed by atoms with Crippen molar-refractivity contribution in [2.24, 2.45) is 0 Å². The molecule has 3 N–H and O–H groups in total. The third kappa shape index (κ3) is 4.32. The topological polar surface area (TPSA) is 97.2 Å². The fourth-order valence-corrected chi connectivity index (χ4v) is 6.81. The van der Waals surface area contributed by atoms with E-state index in [-0.39, 0.29) is 23.9 Å². The smallest absolute Gasteiger partial charge is 0.318 e. The van der Waals surface area contributed by atoms with Crippen LogP contribution in [0.15, 0.2) is 36.4 Å². The maximum atomic E-state index is 10.5. The van der Waals surface area contributed by atoms with Crippen molar-refractivity contribution in [1.29, 1.82) is 0 Å². The Kier molecular flexibility index (Phi) is 6.02. The number of anilines is 2. The summed E-state index contributed by atoms with van der Waals surface area (Å²) in [5.41, 5.74) is 3.17. The summed E-state index contributed by atoms with van der Waals surface area (Å²) in [7, 11) is 2.15. The summed E-state index contributed by atoms with van der Waals surface area (Å²) in [5, 5.41) is 26.6. The van der Waals surface area contributed by atoms with Crippen molar-refractivity contribution in [3.8, 4) is 11.8 Å². The van der Waals surface area contributed by atoms with Crippen LogP contribution in [0.3, 0.4) is 0 Å². The van der Waals surface area contributed by atoms with E-state index in [0.717, 1.165) is 73.4 Å². The molecule has 1 aromatic heterocycles. The van der Waals surface area contributed by atoms with Crippen molar-refractivity contribution in [1.82, 2.24) is 20.2 Å². The van der Waals surface area contributed by atoms with E-state index in [9.17, 15) is 10.2 Å². The molecule has 0 spiro atoms. The molecule has 0 aliphatic carbocycles. The first-order chi connectivity index (χ1) is 18.5. The molecule has 4 aliphatic heterocycles. The Hall–Kier alpha value is -3.14. The van der Waals surface area contributed by atoms with Gasteiger partial charge in [0.15, 0.2) is 0 Å². The van der Waals surface area contributed by atoms with Gasteiger partial charge in [0.2, 0.25) is 0 Å². The lowest BCUT2D eigenvalue weighted by Gasteiger charge is -2.37. The Bertz CT molecular complexity index is 1350. The van der Waals surface area contributed by atoms with Crippen LogP contribution in [0, 0.1) is 0 Å². The van der Waals surface area contributed by atoms with Gasteiger partial charge in [-0.3, -0.25) is 0 Å². The van der Waals surface area contributed by atoms with Gasteiger partial charge in [0.1, 0.15) is 18.2 Å². The lowest BCUT2D eigenvalue weighted by Crippen LogP contribution is -2.53. The molecule has 0 radical (unpaired) electrons. The van der Waals surface area contributed by atoms with E-state index >= 15 is 0 Å². The molecular formula is C29H36N6O3. The first kappa shape index (κ1) is 23.9. The molecule has 5 heterocycles. The third-order valence-electron chi connectivity index (χ3n) is 8.86. The third-order valence-corrected chi connectivity index (χ3v) is 8.86. The number of phenolic OH excluding ortho intramolecular Hbond substituents is 1. The number of hydrogen-bond acceptors (Lipinski definition) is 9. The Labute approximate surface area is 223 Å². The molecule has 200 valence electrons. The number of nitrogens with zero attached hydrogens (tertiary/aromatic N) is 5. The van der Waals surface area contributed by atoms with Crippen molar-refractivity contribution in [3.05, 3.63) is 47.7 Å². The van der Waals surface area contributed by atoms with Crippen LogP contribution in [-0.4, -0.2) is 89.1 Å². The summed E-state index contributed by atoms with van der Waals surface area (Å²) in [4.78, 5) is 16.9. The number of aromatic nitrogens is 2. The number of ether oxygens (including phenoxy) is 1. The number of aromatic hydroxyl groups is 1. The highest BCUT2D eigenvalue weighted by atomic mass is 16.5. The highest BCUT2D eigenvalue weighted by molar-refractivity contribution is 5.95. The van der Waals surface area contributed by atoms with Crippen molar-refractivity contribution < 1.29 is 14.9 Å². The average Bonchev–Trinajstić information content (AvgIpc) is 3.45. The van der Waals surface area contributed by atoms with Gasteiger partial charge in [0.25, 0.3) is 0 Å². The number of benzene rings is 2. The van der Waals surface area contributed by atoms with Crippen LogP contribution in [-0.2, 0) is 13.0 Å². The van der Waals surface area contributed by atoms with E-state index in [0.29, 0.717) is 25.2 Å². The summed E-state index contributed by atoms with van der Waals surface area (Å²) in [6, 6.07) is 13.0. The number of likely N-dealkylation sites (tertiary alicyclic amines) is 1. The van der Waals surface area contributed by atoms with E-state index in [1.165, 1.54) is 12.0 Å². The minimum absolute atomic E-state index is 0.0645.